The number of quaternary nitrogens is 1. The minimum absolute atomic E-state index is 0.0538. The van der Waals surface area contributed by atoms with Crippen LogP contribution >= 0.6 is 7.82 Å². The summed E-state index contributed by atoms with van der Waals surface area (Å²) in [6.07, 6.45) is 74.0. The van der Waals surface area contributed by atoms with Crippen molar-refractivity contribution in [2.45, 2.75) is 315 Å². The largest absolute Gasteiger partial charge is 0.472 e. The summed E-state index contributed by atoms with van der Waals surface area (Å²) in [6.45, 7) is 4.81. The van der Waals surface area contributed by atoms with E-state index in [0.29, 0.717) is 17.4 Å². The molecule has 0 rings (SSSR count). The van der Waals surface area contributed by atoms with E-state index in [2.05, 4.69) is 55.6 Å². The van der Waals surface area contributed by atoms with Crippen LogP contribution < -0.4 is 5.32 Å². The van der Waals surface area contributed by atoms with E-state index >= 15 is 0 Å². The zero-order chi connectivity index (χ0) is 53.5. The van der Waals surface area contributed by atoms with Crippen LogP contribution in [-0.4, -0.2) is 73.4 Å². The Morgan fingerprint density at radius 1 is 0.452 bits per heavy atom. The number of nitrogens with zero attached hydrogens (tertiary/aromatic N) is 1. The van der Waals surface area contributed by atoms with Crippen LogP contribution in [0.4, 0.5) is 0 Å². The molecule has 3 N–H and O–H groups in total. The van der Waals surface area contributed by atoms with Crippen molar-refractivity contribution in [3.8, 4) is 0 Å². The number of phosphoric ester groups is 1. The van der Waals surface area contributed by atoms with Gasteiger partial charge in [-0.05, 0) is 70.6 Å². The molecule has 0 saturated carbocycles. The zero-order valence-electron chi connectivity index (χ0n) is 49.1. The number of amides is 1. The molecule has 3 unspecified atom stereocenters. The van der Waals surface area contributed by atoms with Gasteiger partial charge in [0.1, 0.15) is 13.2 Å². The van der Waals surface area contributed by atoms with Crippen LogP contribution in [0.1, 0.15) is 303 Å². The fourth-order valence-electron chi connectivity index (χ4n) is 9.31. The van der Waals surface area contributed by atoms with Crippen LogP contribution in [0.15, 0.2) is 48.6 Å². The summed E-state index contributed by atoms with van der Waals surface area (Å²) in [5, 5.41) is 13.9. The van der Waals surface area contributed by atoms with E-state index in [1.807, 2.05) is 27.2 Å². The van der Waals surface area contributed by atoms with Gasteiger partial charge in [0.15, 0.2) is 0 Å². The lowest BCUT2D eigenvalue weighted by Crippen LogP contribution is -2.45. The molecule has 0 fully saturated rings. The number of aliphatic hydroxyl groups excluding tert-OH is 1. The van der Waals surface area contributed by atoms with Gasteiger partial charge in [-0.1, -0.05) is 274 Å². The summed E-state index contributed by atoms with van der Waals surface area (Å²) in [6, 6.07) is -0.869. The van der Waals surface area contributed by atoms with Gasteiger partial charge < -0.3 is 19.8 Å². The van der Waals surface area contributed by atoms with Crippen LogP contribution in [0.2, 0.25) is 0 Å². The molecule has 0 radical (unpaired) electrons. The number of hydrogen-bond acceptors (Lipinski definition) is 5. The van der Waals surface area contributed by atoms with Gasteiger partial charge in [-0.15, -0.1) is 0 Å². The molecule has 0 aromatic heterocycles. The third-order valence-corrected chi connectivity index (χ3v) is 15.2. The number of nitrogens with one attached hydrogen (secondary N) is 1. The molecule has 0 bridgehead atoms. The van der Waals surface area contributed by atoms with Crippen LogP contribution in [0, 0.1) is 0 Å². The lowest BCUT2D eigenvalue weighted by molar-refractivity contribution is -0.870. The highest BCUT2D eigenvalue weighted by Crippen LogP contribution is 2.43. The Hall–Kier alpha value is -1.54. The minimum Gasteiger partial charge on any atom is -0.387 e. The number of aliphatic hydroxyl groups is 1. The Balaban J connectivity index is 4.02. The molecule has 1 amide bonds. The summed E-state index contributed by atoms with van der Waals surface area (Å²) >= 11 is 0. The van der Waals surface area contributed by atoms with Crippen molar-refractivity contribution in [3.05, 3.63) is 48.6 Å². The van der Waals surface area contributed by atoms with Crippen LogP contribution in [0.5, 0.6) is 0 Å². The Bertz CT molecular complexity index is 1330. The topological polar surface area (TPSA) is 105 Å². The molecule has 430 valence electrons. The molecule has 0 aromatic rings. The van der Waals surface area contributed by atoms with Gasteiger partial charge in [0.25, 0.3) is 0 Å². The van der Waals surface area contributed by atoms with E-state index in [9.17, 15) is 19.4 Å². The van der Waals surface area contributed by atoms with Crippen LogP contribution in [-0.2, 0) is 18.4 Å². The molecule has 0 spiro atoms. The van der Waals surface area contributed by atoms with Gasteiger partial charge in [0.2, 0.25) is 5.91 Å². The highest BCUT2D eigenvalue weighted by Gasteiger charge is 2.27. The number of carbonyl (C=O) groups excluding carboxylic acids is 1. The smallest absolute Gasteiger partial charge is 0.387 e. The Labute approximate surface area is 454 Å². The van der Waals surface area contributed by atoms with Gasteiger partial charge >= 0.3 is 7.82 Å². The molecule has 73 heavy (non-hydrogen) atoms. The Morgan fingerprint density at radius 3 is 1.10 bits per heavy atom. The third-order valence-electron chi connectivity index (χ3n) is 14.2. The van der Waals surface area contributed by atoms with Crippen LogP contribution in [0.25, 0.3) is 0 Å². The average molecular weight is 1050 g/mol. The molecule has 0 aliphatic rings. The monoisotopic (exact) mass is 1050 g/mol. The second-order valence-electron chi connectivity index (χ2n) is 22.8. The maximum atomic E-state index is 13.0. The van der Waals surface area contributed by atoms with Crippen LogP contribution in [0.3, 0.4) is 0 Å². The third kappa shape index (κ3) is 58.0. The maximum absolute atomic E-state index is 13.0. The normalized spacial score (nSPS) is 14.1. The van der Waals surface area contributed by atoms with E-state index in [1.165, 1.54) is 238 Å². The molecular formula is C64H124N2O6P+. The Morgan fingerprint density at radius 2 is 0.753 bits per heavy atom. The number of unbranched alkanes of at least 4 members (excludes halogenated alkanes) is 39. The summed E-state index contributed by atoms with van der Waals surface area (Å²) in [5.74, 6) is -0.188. The van der Waals surface area contributed by atoms with Gasteiger partial charge in [0, 0.05) is 6.42 Å². The van der Waals surface area contributed by atoms with E-state index in [0.717, 1.165) is 44.9 Å². The van der Waals surface area contributed by atoms with E-state index in [-0.39, 0.29) is 19.1 Å². The fourth-order valence-corrected chi connectivity index (χ4v) is 10.0. The van der Waals surface area contributed by atoms with E-state index < -0.39 is 20.0 Å². The Kier molecular flexibility index (Phi) is 54.1. The van der Waals surface area contributed by atoms with Crippen molar-refractivity contribution in [2.75, 3.05) is 40.9 Å². The molecule has 9 heteroatoms. The van der Waals surface area contributed by atoms with E-state index in [4.69, 9.17) is 9.05 Å². The molecule has 3 atom stereocenters. The van der Waals surface area contributed by atoms with Gasteiger partial charge in [-0.2, -0.15) is 0 Å². The number of phosphoric acid groups is 1. The molecule has 0 aliphatic heterocycles. The summed E-state index contributed by atoms with van der Waals surface area (Å²) < 4.78 is 23.7. The lowest BCUT2D eigenvalue weighted by Gasteiger charge is -2.25. The zero-order valence-corrected chi connectivity index (χ0v) is 50.0. The average Bonchev–Trinajstić information content (AvgIpc) is 3.35. The summed E-state index contributed by atoms with van der Waals surface area (Å²) in [5.41, 5.74) is 0. The number of carbonyl (C=O) groups is 1. The van der Waals surface area contributed by atoms with E-state index in [1.54, 1.807) is 6.08 Å². The van der Waals surface area contributed by atoms with Crippen molar-refractivity contribution in [2.24, 2.45) is 0 Å². The second kappa shape index (κ2) is 55.2. The van der Waals surface area contributed by atoms with Crippen molar-refractivity contribution < 1.29 is 32.9 Å². The van der Waals surface area contributed by atoms with Crippen molar-refractivity contribution in [1.29, 1.82) is 0 Å². The van der Waals surface area contributed by atoms with Gasteiger partial charge in [-0.3, -0.25) is 13.8 Å². The predicted molar refractivity (Wildman–Crippen MR) is 318 cm³/mol. The molecule has 8 nitrogen and oxygen atoms in total. The van der Waals surface area contributed by atoms with Crippen molar-refractivity contribution >= 4 is 13.7 Å². The molecule has 0 aliphatic carbocycles. The number of hydrogen-bond donors (Lipinski definition) is 3. The van der Waals surface area contributed by atoms with Crippen molar-refractivity contribution in [1.82, 2.24) is 5.32 Å². The molecule has 0 aromatic carbocycles. The molecule has 0 heterocycles. The highest BCUT2D eigenvalue weighted by molar-refractivity contribution is 7.47. The summed E-state index contributed by atoms with van der Waals surface area (Å²) in [4.78, 5) is 23.3. The first-order valence-electron chi connectivity index (χ1n) is 31.5. The SMILES string of the molecule is CCCCCCCC/C=C/CC/C=C/CC/C=C/C(O)C(COP(=O)(O)OCC[N+](C)(C)C)NC(=O)CCCCCCCCCCCCCCCCCCC/C=C\CCCCCCCCCCCCCCCC. The number of allylic oxidation sites excluding steroid dienone is 7. The first-order chi connectivity index (χ1) is 35.5. The summed E-state index contributed by atoms with van der Waals surface area (Å²) in [7, 11) is 1.55. The van der Waals surface area contributed by atoms with Gasteiger partial charge in [-0.25, -0.2) is 4.57 Å². The molecular weight excluding hydrogens is 924 g/mol. The number of likely N-dealkylation sites (N-methyl/N-ethyl adjacent to an activating group) is 1. The first kappa shape index (κ1) is 71.5. The van der Waals surface area contributed by atoms with Gasteiger partial charge in [0.05, 0.1) is 39.9 Å². The molecule has 0 saturated heterocycles. The quantitative estimate of drug-likeness (QED) is 0.0243. The fraction of sp³-hybridized carbons (Fsp3) is 0.859. The standard InChI is InChI=1S/C64H123N2O6P/c1-6-8-10-12-14-16-18-20-22-24-25-26-27-28-29-30-31-32-33-34-35-36-37-38-39-40-41-42-44-46-48-50-52-54-56-58-64(68)65-62(61-72-73(69,70)71-60-59-66(3,4)5)63(67)57-55-53-51-49-47-45-43-23-21-19-17-15-13-11-9-7-2/h21,23,30-31,47,49,55,57,62-63,67H,6-20,22,24-29,32-46,48,50-54,56,58-61H2,1-5H3,(H-,65,68,69,70)/p+1/b23-21+,31-30-,49-47+,57-55+. The first-order valence-corrected chi connectivity index (χ1v) is 33.0. The second-order valence-corrected chi connectivity index (χ2v) is 24.2. The predicted octanol–water partition coefficient (Wildman–Crippen LogP) is 19.5. The highest BCUT2D eigenvalue weighted by atomic mass is 31.2. The number of rotatable bonds is 58. The van der Waals surface area contributed by atoms with Crippen molar-refractivity contribution in [3.63, 3.8) is 0 Å². The maximum Gasteiger partial charge on any atom is 0.472 e. The lowest BCUT2D eigenvalue weighted by atomic mass is 10.0. The minimum atomic E-state index is -4.36.